The van der Waals surface area contributed by atoms with Crippen molar-refractivity contribution in [2.75, 3.05) is 0 Å². The third-order valence-corrected chi connectivity index (χ3v) is 3.48. The summed E-state index contributed by atoms with van der Waals surface area (Å²) >= 11 is 0. The molecule has 2 heteroatoms. The minimum Gasteiger partial charge on any atom is -0.363 e. The first-order valence-electron chi connectivity index (χ1n) is 6.05. The van der Waals surface area contributed by atoms with Crippen molar-refractivity contribution in [3.8, 4) is 0 Å². The van der Waals surface area contributed by atoms with Gasteiger partial charge in [0.05, 0.1) is 17.8 Å². The molecule has 0 saturated heterocycles. The van der Waals surface area contributed by atoms with Gasteiger partial charge in [-0.2, -0.15) is 0 Å². The first kappa shape index (κ1) is 9.66. The van der Waals surface area contributed by atoms with Crippen LogP contribution in [0.1, 0.15) is 17.2 Å². The first-order valence-corrected chi connectivity index (χ1v) is 6.05. The number of fused-ring (bicyclic) bond motifs is 2. The van der Waals surface area contributed by atoms with Crippen LogP contribution in [-0.4, -0.2) is 11.2 Å². The lowest BCUT2D eigenvalue weighted by molar-refractivity contribution is 1.07. The number of nitrogens with one attached hydrogen (secondary N) is 1. The molecule has 85 valence electrons. The number of H-pyrrole nitrogens is 1. The van der Waals surface area contributed by atoms with Gasteiger partial charge in [-0.3, -0.25) is 4.99 Å². The van der Waals surface area contributed by atoms with Crippen LogP contribution in [0.15, 0.2) is 59.7 Å². The van der Waals surface area contributed by atoms with Crippen LogP contribution >= 0.6 is 0 Å². The Labute approximate surface area is 105 Å². The molecule has 2 nitrogen and oxygen atoms in total. The van der Waals surface area contributed by atoms with Crippen molar-refractivity contribution in [3.63, 3.8) is 0 Å². The van der Waals surface area contributed by atoms with Crippen LogP contribution in [0.3, 0.4) is 0 Å². The lowest BCUT2D eigenvalue weighted by Crippen LogP contribution is -1.99. The quantitative estimate of drug-likeness (QED) is 0.658. The van der Waals surface area contributed by atoms with Crippen molar-refractivity contribution in [1.82, 2.24) is 4.98 Å². The molecular formula is C16H11N2. The second kappa shape index (κ2) is 3.57. The Hall–Kier alpha value is -2.35. The standard InChI is InChI=1S/C16H11N2/c1-2-6-12-11(5-1)9-18-16(12)14-10-17-15-8-4-3-7-13(14)15/h1-9,14,18H. The van der Waals surface area contributed by atoms with Gasteiger partial charge in [-0.05, 0) is 17.0 Å². The third-order valence-electron chi connectivity index (χ3n) is 3.48. The van der Waals surface area contributed by atoms with Gasteiger partial charge in [0.1, 0.15) is 0 Å². The van der Waals surface area contributed by atoms with Gasteiger partial charge in [-0.15, -0.1) is 0 Å². The Balaban J connectivity index is 1.93. The maximum absolute atomic E-state index is 4.37. The zero-order valence-corrected chi connectivity index (χ0v) is 9.72. The number of hydrogen-bond acceptors (Lipinski definition) is 1. The number of para-hydroxylation sites is 1. The molecule has 1 unspecified atom stereocenters. The van der Waals surface area contributed by atoms with E-state index in [4.69, 9.17) is 0 Å². The van der Waals surface area contributed by atoms with E-state index in [0.29, 0.717) is 0 Å². The number of rotatable bonds is 1. The molecule has 0 aliphatic carbocycles. The van der Waals surface area contributed by atoms with Gasteiger partial charge in [-0.25, -0.2) is 0 Å². The van der Waals surface area contributed by atoms with Gasteiger partial charge in [0.2, 0.25) is 0 Å². The summed E-state index contributed by atoms with van der Waals surface area (Å²) in [5, 5.41) is 2.49. The molecule has 0 bridgehead atoms. The lowest BCUT2D eigenvalue weighted by atomic mass is 9.95. The van der Waals surface area contributed by atoms with E-state index in [1.165, 1.54) is 22.0 Å². The number of benzene rings is 2. The van der Waals surface area contributed by atoms with Crippen LogP contribution in [-0.2, 0) is 0 Å². The highest BCUT2D eigenvalue weighted by molar-refractivity contribution is 5.93. The molecule has 1 aliphatic rings. The maximum Gasteiger partial charge on any atom is 0.0771 e. The Morgan fingerprint density at radius 2 is 1.83 bits per heavy atom. The summed E-state index contributed by atoms with van der Waals surface area (Å²) in [6.45, 7) is 0. The predicted molar refractivity (Wildman–Crippen MR) is 73.7 cm³/mol. The van der Waals surface area contributed by atoms with Crippen LogP contribution in [0.25, 0.3) is 10.8 Å². The number of nitrogens with zero attached hydrogens (tertiary/aromatic N) is 1. The highest BCUT2D eigenvalue weighted by Gasteiger charge is 2.23. The zero-order chi connectivity index (χ0) is 11.9. The molecule has 1 radical (unpaired) electrons. The average molecular weight is 231 g/mol. The lowest BCUT2D eigenvalue weighted by Gasteiger charge is -2.07. The first-order chi connectivity index (χ1) is 8.93. The van der Waals surface area contributed by atoms with E-state index in [1.807, 2.05) is 18.3 Å². The monoisotopic (exact) mass is 231 g/mol. The Kier molecular flexibility index (Phi) is 1.92. The molecule has 2 aromatic carbocycles. The van der Waals surface area contributed by atoms with Gasteiger partial charge in [0.15, 0.2) is 0 Å². The van der Waals surface area contributed by atoms with Gasteiger partial charge >= 0.3 is 0 Å². The van der Waals surface area contributed by atoms with Gasteiger partial charge in [-0.1, -0.05) is 42.5 Å². The van der Waals surface area contributed by atoms with Crippen LogP contribution in [0.2, 0.25) is 0 Å². The fraction of sp³-hybridized carbons (Fsp3) is 0.0625. The highest BCUT2D eigenvalue weighted by Crippen LogP contribution is 2.37. The summed E-state index contributed by atoms with van der Waals surface area (Å²) in [6.07, 6.45) is 5.26. The van der Waals surface area contributed by atoms with E-state index < -0.39 is 0 Å². The van der Waals surface area contributed by atoms with Crippen LogP contribution in [0.5, 0.6) is 0 Å². The minimum atomic E-state index is 0.126. The third kappa shape index (κ3) is 1.26. The normalized spacial score (nSPS) is 17.2. The highest BCUT2D eigenvalue weighted by atomic mass is 14.8. The summed E-state index contributed by atoms with van der Waals surface area (Å²) in [6, 6.07) is 16.6. The van der Waals surface area contributed by atoms with Crippen molar-refractivity contribution in [1.29, 1.82) is 0 Å². The van der Waals surface area contributed by atoms with Crippen molar-refractivity contribution in [3.05, 3.63) is 66.0 Å². The van der Waals surface area contributed by atoms with Gasteiger partial charge in [0, 0.05) is 17.3 Å². The molecule has 1 N–H and O–H groups in total. The van der Waals surface area contributed by atoms with Crippen LogP contribution < -0.4 is 0 Å². The van der Waals surface area contributed by atoms with E-state index in [2.05, 4.69) is 52.6 Å². The van der Waals surface area contributed by atoms with Gasteiger partial charge in [0.25, 0.3) is 0 Å². The van der Waals surface area contributed by atoms with Crippen LogP contribution in [0.4, 0.5) is 5.69 Å². The van der Waals surface area contributed by atoms with Crippen LogP contribution in [0, 0.1) is 0 Å². The fourth-order valence-electron chi connectivity index (χ4n) is 2.60. The number of aliphatic imine (C=N–C) groups is 1. The van der Waals surface area contributed by atoms with Crippen molar-refractivity contribution >= 4 is 22.7 Å². The van der Waals surface area contributed by atoms with E-state index >= 15 is 0 Å². The van der Waals surface area contributed by atoms with E-state index in [-0.39, 0.29) is 5.92 Å². The molecule has 2 heterocycles. The van der Waals surface area contributed by atoms with Crippen molar-refractivity contribution in [2.24, 2.45) is 4.99 Å². The van der Waals surface area contributed by atoms with E-state index in [9.17, 15) is 0 Å². The van der Waals surface area contributed by atoms with Gasteiger partial charge < -0.3 is 4.98 Å². The minimum absolute atomic E-state index is 0.126. The number of hydrogen-bond donors (Lipinski definition) is 1. The molecule has 4 rings (SSSR count). The topological polar surface area (TPSA) is 28.1 Å². The zero-order valence-electron chi connectivity index (χ0n) is 9.72. The molecule has 1 aliphatic heterocycles. The van der Waals surface area contributed by atoms with Crippen molar-refractivity contribution in [2.45, 2.75) is 5.92 Å². The Morgan fingerprint density at radius 3 is 2.83 bits per heavy atom. The predicted octanol–water partition coefficient (Wildman–Crippen LogP) is 3.89. The Bertz CT molecular complexity index is 752. The second-order valence-electron chi connectivity index (χ2n) is 4.52. The summed E-state index contributed by atoms with van der Waals surface area (Å²) in [5.41, 5.74) is 3.44. The van der Waals surface area contributed by atoms with E-state index in [0.717, 1.165) is 5.69 Å². The fourth-order valence-corrected chi connectivity index (χ4v) is 2.60. The molecule has 1 atom stereocenters. The molecule has 0 spiro atoms. The number of aromatic amines is 1. The molecule has 3 aromatic rings. The maximum atomic E-state index is 4.37. The number of aromatic nitrogens is 1. The molecule has 18 heavy (non-hydrogen) atoms. The molecular weight excluding hydrogens is 220 g/mol. The second-order valence-corrected chi connectivity index (χ2v) is 4.52. The SMILES string of the molecule is [C]1=Nc2ccccc2C1c1[nH]cc2ccccc12. The van der Waals surface area contributed by atoms with E-state index in [1.54, 1.807) is 0 Å². The summed E-state index contributed by atoms with van der Waals surface area (Å²) in [5.74, 6) is 0.126. The summed E-state index contributed by atoms with van der Waals surface area (Å²) in [7, 11) is 0. The van der Waals surface area contributed by atoms with Crippen molar-refractivity contribution < 1.29 is 0 Å². The average Bonchev–Trinajstić information content (AvgIpc) is 3.01. The Morgan fingerprint density at radius 1 is 1.00 bits per heavy atom. The summed E-state index contributed by atoms with van der Waals surface area (Å²) in [4.78, 5) is 7.75. The molecule has 1 aromatic heterocycles. The molecule has 0 fully saturated rings. The molecule has 0 saturated carbocycles. The smallest absolute Gasteiger partial charge is 0.0771 e. The summed E-state index contributed by atoms with van der Waals surface area (Å²) < 4.78 is 0. The molecule has 0 amide bonds. The largest absolute Gasteiger partial charge is 0.363 e.